The Morgan fingerprint density at radius 1 is 1.19 bits per heavy atom. The molecule has 1 N–H and O–H groups in total. The molecule has 1 aliphatic carbocycles. The third kappa shape index (κ3) is 4.01. The Balaban J connectivity index is 1.35. The zero-order chi connectivity index (χ0) is 21.4. The number of halogens is 1. The fourth-order valence-corrected chi connectivity index (χ4v) is 6.38. The zero-order valence-electron chi connectivity index (χ0n) is 17.4. The Labute approximate surface area is 182 Å². The van der Waals surface area contributed by atoms with E-state index in [1.807, 2.05) is 0 Å². The van der Waals surface area contributed by atoms with Crippen molar-refractivity contribution in [1.82, 2.24) is 5.32 Å². The molecule has 3 fully saturated rings. The molecule has 6 nitrogen and oxygen atoms in total. The Kier molecular flexibility index (Phi) is 5.79. The van der Waals surface area contributed by atoms with E-state index in [1.54, 1.807) is 12.2 Å². The summed E-state index contributed by atoms with van der Waals surface area (Å²) in [7, 11) is -4.02. The molecular weight excluding hydrogens is 421 g/mol. The molecule has 8 heteroatoms. The predicted octanol–water partition coefficient (Wildman–Crippen LogP) is 3.34. The van der Waals surface area contributed by atoms with Crippen LogP contribution in [0.4, 0.5) is 4.39 Å². The normalized spacial score (nSPS) is 28.7. The van der Waals surface area contributed by atoms with Crippen LogP contribution in [0, 0.1) is 17.7 Å². The number of benzene rings is 1. The smallest absolute Gasteiger partial charge is 0.209 e. The number of rotatable bonds is 5. The molecule has 0 radical (unpaired) electrons. The third-order valence-corrected chi connectivity index (χ3v) is 8.53. The second kappa shape index (κ2) is 8.56. The van der Waals surface area contributed by atoms with Gasteiger partial charge in [0.2, 0.25) is 9.84 Å². The molecule has 0 saturated carbocycles. The minimum atomic E-state index is -4.02. The van der Waals surface area contributed by atoms with E-state index in [1.165, 1.54) is 18.2 Å². The van der Waals surface area contributed by atoms with E-state index in [2.05, 4.69) is 5.32 Å². The Hall–Kier alpha value is -1.90. The van der Waals surface area contributed by atoms with Gasteiger partial charge < -0.3 is 19.5 Å². The number of ether oxygens (including phenoxy) is 3. The monoisotopic (exact) mass is 449 g/mol. The summed E-state index contributed by atoms with van der Waals surface area (Å²) in [5, 5.41) is 3.49. The standard InChI is InChI=1S/C23H28FNO5S/c24-22-18(29-14-15-8-11-28-12-9-15)3-1-5-21(22)31(26,27)16-6-7-17-20(13-16)30-19-4-2-10-25-23(17)19/h1,3,5-6,13,15,17,19,23,25H,2,4,7-12,14H2. The summed E-state index contributed by atoms with van der Waals surface area (Å²) in [5.74, 6) is 0.259. The van der Waals surface area contributed by atoms with Crippen molar-refractivity contribution < 1.29 is 27.0 Å². The number of nitrogens with one attached hydrogen (secondary N) is 1. The molecule has 1 aromatic rings. The van der Waals surface area contributed by atoms with Crippen LogP contribution < -0.4 is 10.1 Å². The molecule has 1 aromatic carbocycles. The molecule has 3 saturated heterocycles. The summed E-state index contributed by atoms with van der Waals surface area (Å²) in [5.41, 5.74) is 0. The number of sulfone groups is 1. The first kappa shape index (κ1) is 21.0. The lowest BCUT2D eigenvalue weighted by molar-refractivity contribution is 0.0491. The van der Waals surface area contributed by atoms with Crippen molar-refractivity contribution in [2.24, 2.45) is 11.8 Å². The van der Waals surface area contributed by atoms with Crippen LogP contribution in [0.25, 0.3) is 0 Å². The fraction of sp³-hybridized carbons (Fsp3) is 0.565. The van der Waals surface area contributed by atoms with Gasteiger partial charge in [0.25, 0.3) is 0 Å². The van der Waals surface area contributed by atoms with Crippen LogP contribution >= 0.6 is 0 Å². The highest BCUT2D eigenvalue weighted by molar-refractivity contribution is 7.95. The molecule has 168 valence electrons. The van der Waals surface area contributed by atoms with Gasteiger partial charge >= 0.3 is 0 Å². The highest BCUT2D eigenvalue weighted by atomic mass is 32.2. The third-order valence-electron chi connectivity index (χ3n) is 6.73. The fourth-order valence-electron chi connectivity index (χ4n) is 4.95. The highest BCUT2D eigenvalue weighted by Gasteiger charge is 2.44. The van der Waals surface area contributed by atoms with Crippen LogP contribution in [0.5, 0.6) is 5.75 Å². The zero-order valence-corrected chi connectivity index (χ0v) is 18.2. The average Bonchev–Trinajstić information content (AvgIpc) is 3.17. The minimum absolute atomic E-state index is 0.0261. The summed E-state index contributed by atoms with van der Waals surface area (Å²) < 4.78 is 58.8. The summed E-state index contributed by atoms with van der Waals surface area (Å²) in [6.07, 6.45) is 7.66. The maximum absolute atomic E-state index is 15.2. The second-order valence-electron chi connectivity index (χ2n) is 8.71. The lowest BCUT2D eigenvalue weighted by atomic mass is 9.87. The van der Waals surface area contributed by atoms with E-state index < -0.39 is 15.7 Å². The second-order valence-corrected chi connectivity index (χ2v) is 10.6. The summed E-state index contributed by atoms with van der Waals surface area (Å²) in [6.45, 7) is 2.65. The number of piperidine rings is 1. The van der Waals surface area contributed by atoms with Crippen molar-refractivity contribution in [3.05, 3.63) is 46.8 Å². The number of allylic oxidation sites excluding steroid dienone is 2. The SMILES string of the molecule is O=S(=O)(C1=CCC2C(=C1)OC1CCCNC12)c1cccc(OCC2CCOCC2)c1F. The summed E-state index contributed by atoms with van der Waals surface area (Å²) in [4.78, 5) is -0.259. The van der Waals surface area contributed by atoms with Crippen molar-refractivity contribution in [2.45, 2.75) is 49.1 Å². The molecule has 0 amide bonds. The molecule has 3 heterocycles. The van der Waals surface area contributed by atoms with Gasteiger partial charge in [-0.15, -0.1) is 0 Å². The quantitative estimate of drug-likeness (QED) is 0.743. The number of hydrogen-bond donors (Lipinski definition) is 1. The summed E-state index contributed by atoms with van der Waals surface area (Å²) >= 11 is 0. The van der Waals surface area contributed by atoms with Gasteiger partial charge in [0.05, 0.1) is 17.6 Å². The van der Waals surface area contributed by atoms with Crippen LogP contribution in [0.1, 0.15) is 32.1 Å². The van der Waals surface area contributed by atoms with Crippen molar-refractivity contribution in [1.29, 1.82) is 0 Å². The van der Waals surface area contributed by atoms with Gasteiger partial charge in [0.15, 0.2) is 11.6 Å². The van der Waals surface area contributed by atoms with Gasteiger partial charge in [0.1, 0.15) is 16.8 Å². The molecule has 0 aromatic heterocycles. The van der Waals surface area contributed by atoms with E-state index in [9.17, 15) is 8.42 Å². The van der Waals surface area contributed by atoms with Crippen LogP contribution in [0.2, 0.25) is 0 Å². The molecule has 0 bridgehead atoms. The molecule has 3 aliphatic heterocycles. The number of fused-ring (bicyclic) bond motifs is 3. The van der Waals surface area contributed by atoms with E-state index in [-0.39, 0.29) is 39.5 Å². The minimum Gasteiger partial charge on any atom is -0.493 e. The first-order chi connectivity index (χ1) is 15.0. The molecule has 31 heavy (non-hydrogen) atoms. The lowest BCUT2D eigenvalue weighted by Crippen LogP contribution is -2.45. The maximum atomic E-state index is 15.2. The molecular formula is C23H28FNO5S. The Morgan fingerprint density at radius 2 is 2.03 bits per heavy atom. The van der Waals surface area contributed by atoms with Gasteiger partial charge in [-0.25, -0.2) is 12.8 Å². The Bertz CT molecular complexity index is 999. The van der Waals surface area contributed by atoms with E-state index in [4.69, 9.17) is 14.2 Å². The van der Waals surface area contributed by atoms with Gasteiger partial charge in [0, 0.05) is 19.1 Å². The Morgan fingerprint density at radius 3 is 2.87 bits per heavy atom. The highest BCUT2D eigenvalue weighted by Crippen LogP contribution is 2.42. The van der Waals surface area contributed by atoms with Crippen LogP contribution in [0.15, 0.2) is 45.9 Å². The van der Waals surface area contributed by atoms with Crippen LogP contribution in [0.3, 0.4) is 0 Å². The van der Waals surface area contributed by atoms with Gasteiger partial charge in [-0.3, -0.25) is 0 Å². The first-order valence-electron chi connectivity index (χ1n) is 11.1. The van der Waals surface area contributed by atoms with Crippen molar-refractivity contribution in [3.63, 3.8) is 0 Å². The lowest BCUT2D eigenvalue weighted by Gasteiger charge is -2.27. The first-order valence-corrected chi connectivity index (χ1v) is 12.6. The molecule has 3 atom stereocenters. The van der Waals surface area contributed by atoms with Crippen molar-refractivity contribution in [3.8, 4) is 5.75 Å². The topological polar surface area (TPSA) is 73.9 Å². The number of hydrogen-bond acceptors (Lipinski definition) is 6. The van der Waals surface area contributed by atoms with Crippen LogP contribution in [-0.4, -0.2) is 46.9 Å². The van der Waals surface area contributed by atoms with E-state index in [0.29, 0.717) is 32.0 Å². The van der Waals surface area contributed by atoms with Crippen molar-refractivity contribution in [2.75, 3.05) is 26.4 Å². The molecule has 0 spiro atoms. The summed E-state index contributed by atoms with van der Waals surface area (Å²) in [6, 6.07) is 4.53. The maximum Gasteiger partial charge on any atom is 0.209 e. The van der Waals surface area contributed by atoms with E-state index >= 15 is 4.39 Å². The molecule has 5 rings (SSSR count). The van der Waals surface area contributed by atoms with Gasteiger partial charge in [-0.2, -0.15) is 0 Å². The predicted molar refractivity (Wildman–Crippen MR) is 113 cm³/mol. The van der Waals surface area contributed by atoms with Crippen LogP contribution in [-0.2, 0) is 19.3 Å². The largest absolute Gasteiger partial charge is 0.493 e. The van der Waals surface area contributed by atoms with E-state index in [0.717, 1.165) is 32.2 Å². The molecule has 4 aliphatic rings. The van der Waals surface area contributed by atoms with Crippen molar-refractivity contribution >= 4 is 9.84 Å². The van der Waals surface area contributed by atoms with Gasteiger partial charge in [-0.1, -0.05) is 12.1 Å². The molecule has 3 unspecified atom stereocenters. The van der Waals surface area contributed by atoms with Gasteiger partial charge in [-0.05, 0) is 62.8 Å². The average molecular weight is 450 g/mol.